The Balaban J connectivity index is 2.31. The number of nitrogens with zero attached hydrogens (tertiary/aromatic N) is 1. The summed E-state index contributed by atoms with van der Waals surface area (Å²) in [6.45, 7) is 7.63. The topological polar surface area (TPSA) is 66.8 Å². The summed E-state index contributed by atoms with van der Waals surface area (Å²) in [5.74, 6) is -1.58. The van der Waals surface area contributed by atoms with Crippen molar-refractivity contribution < 1.29 is 23.8 Å². The lowest BCUT2D eigenvalue weighted by molar-refractivity contribution is -0.154. The van der Waals surface area contributed by atoms with Gasteiger partial charge in [-0.05, 0) is 51.3 Å². The molecule has 5 nitrogen and oxygen atoms in total. The zero-order chi connectivity index (χ0) is 18.8. The van der Waals surface area contributed by atoms with Crippen LogP contribution in [0.15, 0.2) is 24.3 Å². The van der Waals surface area contributed by atoms with Crippen LogP contribution in [0.25, 0.3) is 0 Å². The zero-order valence-electron chi connectivity index (χ0n) is 15.2. The number of hydrogen-bond acceptors (Lipinski definition) is 3. The van der Waals surface area contributed by atoms with E-state index in [1.165, 1.54) is 17.0 Å². The summed E-state index contributed by atoms with van der Waals surface area (Å²) in [6.07, 6.45) is 0.360. The summed E-state index contributed by atoms with van der Waals surface area (Å²) in [5, 5.41) is 9.95. The fourth-order valence-corrected chi connectivity index (χ4v) is 3.48. The molecule has 25 heavy (non-hydrogen) atoms. The van der Waals surface area contributed by atoms with E-state index in [-0.39, 0.29) is 18.3 Å². The minimum Gasteiger partial charge on any atom is -0.481 e. The van der Waals surface area contributed by atoms with E-state index < -0.39 is 23.1 Å². The zero-order valence-corrected chi connectivity index (χ0v) is 15.2. The van der Waals surface area contributed by atoms with Crippen LogP contribution in [0.4, 0.5) is 9.18 Å². The van der Waals surface area contributed by atoms with Crippen LogP contribution in [0.5, 0.6) is 0 Å². The SMILES string of the molecule is CCC1(C(=O)O)CN(C(=O)OC(C)(C)C)CCC1c1ccc(F)cc1. The average molecular weight is 351 g/mol. The van der Waals surface area contributed by atoms with E-state index >= 15 is 0 Å². The van der Waals surface area contributed by atoms with Gasteiger partial charge in [-0.15, -0.1) is 0 Å². The molecular weight excluding hydrogens is 325 g/mol. The molecule has 1 amide bonds. The fourth-order valence-electron chi connectivity index (χ4n) is 3.48. The number of piperidine rings is 1. The predicted molar refractivity (Wildman–Crippen MR) is 91.9 cm³/mol. The van der Waals surface area contributed by atoms with Gasteiger partial charge in [0.05, 0.1) is 5.41 Å². The highest BCUT2D eigenvalue weighted by Gasteiger charge is 2.50. The number of halogens is 1. The molecule has 0 saturated carbocycles. The number of carbonyl (C=O) groups excluding carboxylic acids is 1. The van der Waals surface area contributed by atoms with Crippen molar-refractivity contribution in [3.8, 4) is 0 Å². The largest absolute Gasteiger partial charge is 0.481 e. The lowest BCUT2D eigenvalue weighted by atomic mass is 9.66. The van der Waals surface area contributed by atoms with E-state index in [4.69, 9.17) is 4.74 Å². The van der Waals surface area contributed by atoms with Gasteiger partial charge >= 0.3 is 12.1 Å². The quantitative estimate of drug-likeness (QED) is 0.893. The normalized spacial score (nSPS) is 24.0. The van der Waals surface area contributed by atoms with E-state index in [9.17, 15) is 19.1 Å². The highest BCUT2D eigenvalue weighted by atomic mass is 19.1. The molecule has 1 heterocycles. The molecule has 0 aliphatic carbocycles. The third kappa shape index (κ3) is 4.11. The first-order valence-corrected chi connectivity index (χ1v) is 8.56. The van der Waals surface area contributed by atoms with Gasteiger partial charge in [0.2, 0.25) is 0 Å². The summed E-state index contributed by atoms with van der Waals surface area (Å²) >= 11 is 0. The molecule has 1 aromatic carbocycles. The number of amides is 1. The number of likely N-dealkylation sites (tertiary alicyclic amines) is 1. The number of aliphatic carboxylic acids is 1. The number of rotatable bonds is 3. The van der Waals surface area contributed by atoms with Gasteiger partial charge in [-0.1, -0.05) is 19.1 Å². The Morgan fingerprint density at radius 3 is 2.40 bits per heavy atom. The summed E-state index contributed by atoms with van der Waals surface area (Å²) in [6, 6.07) is 5.96. The number of carbonyl (C=O) groups is 2. The Morgan fingerprint density at radius 2 is 1.92 bits per heavy atom. The number of hydrogen-bond donors (Lipinski definition) is 1. The molecule has 1 fully saturated rings. The first-order chi connectivity index (χ1) is 11.6. The summed E-state index contributed by atoms with van der Waals surface area (Å²) in [4.78, 5) is 26.0. The molecule has 138 valence electrons. The van der Waals surface area contributed by atoms with E-state index in [0.717, 1.165) is 5.56 Å². The van der Waals surface area contributed by atoms with Gasteiger partial charge in [0.1, 0.15) is 11.4 Å². The van der Waals surface area contributed by atoms with Crippen LogP contribution in [0.2, 0.25) is 0 Å². The highest BCUT2D eigenvalue weighted by molar-refractivity contribution is 5.78. The number of carboxylic acid groups (broad SMARTS) is 1. The maximum Gasteiger partial charge on any atom is 0.410 e. The Labute approximate surface area is 147 Å². The Kier molecular flexibility index (Phi) is 5.40. The second-order valence-electron chi connectivity index (χ2n) is 7.61. The van der Waals surface area contributed by atoms with E-state index in [1.807, 2.05) is 6.92 Å². The number of carboxylic acids is 1. The fraction of sp³-hybridized carbons (Fsp3) is 0.579. The maximum atomic E-state index is 13.2. The van der Waals surface area contributed by atoms with Crippen LogP contribution in [0.3, 0.4) is 0 Å². The van der Waals surface area contributed by atoms with Crippen molar-refractivity contribution in [2.24, 2.45) is 5.41 Å². The summed E-state index contributed by atoms with van der Waals surface area (Å²) < 4.78 is 18.6. The van der Waals surface area contributed by atoms with Crippen molar-refractivity contribution in [1.82, 2.24) is 4.90 Å². The van der Waals surface area contributed by atoms with Gasteiger partial charge in [0.25, 0.3) is 0 Å². The van der Waals surface area contributed by atoms with Crippen molar-refractivity contribution in [2.75, 3.05) is 13.1 Å². The third-order valence-corrected chi connectivity index (χ3v) is 4.81. The molecule has 1 saturated heterocycles. The van der Waals surface area contributed by atoms with Gasteiger partial charge in [0, 0.05) is 19.0 Å². The molecule has 1 aliphatic rings. The third-order valence-electron chi connectivity index (χ3n) is 4.81. The molecular formula is C19H26FNO4. The molecule has 2 rings (SSSR count). The summed E-state index contributed by atoms with van der Waals surface area (Å²) in [5.41, 5.74) is -0.967. The van der Waals surface area contributed by atoms with Crippen LogP contribution in [0.1, 0.15) is 52.0 Å². The van der Waals surface area contributed by atoms with Crippen LogP contribution in [-0.2, 0) is 9.53 Å². The van der Waals surface area contributed by atoms with E-state index in [1.54, 1.807) is 32.9 Å². The summed E-state index contributed by atoms with van der Waals surface area (Å²) in [7, 11) is 0. The Hall–Kier alpha value is -2.11. The standard InChI is InChI=1S/C19H26FNO4/c1-5-19(16(22)23)12-21(17(24)25-18(2,3)4)11-10-15(19)13-6-8-14(20)9-7-13/h6-9,15H,5,10-12H2,1-4H3,(H,22,23). The average Bonchev–Trinajstić information content (AvgIpc) is 2.53. The van der Waals surface area contributed by atoms with Crippen LogP contribution in [-0.4, -0.2) is 40.8 Å². The minimum atomic E-state index is -1.12. The molecule has 1 N–H and O–H groups in total. The molecule has 2 unspecified atom stereocenters. The van der Waals surface area contributed by atoms with Crippen molar-refractivity contribution in [2.45, 2.75) is 52.1 Å². The predicted octanol–water partition coefficient (Wildman–Crippen LogP) is 4.03. The van der Waals surface area contributed by atoms with Gasteiger partial charge in [0.15, 0.2) is 0 Å². The molecule has 6 heteroatoms. The molecule has 1 aromatic rings. The van der Waals surface area contributed by atoms with Crippen LogP contribution in [0, 0.1) is 11.2 Å². The minimum absolute atomic E-state index is 0.0792. The van der Waals surface area contributed by atoms with Crippen molar-refractivity contribution >= 4 is 12.1 Å². The van der Waals surface area contributed by atoms with Crippen molar-refractivity contribution in [1.29, 1.82) is 0 Å². The van der Waals surface area contributed by atoms with Crippen molar-refractivity contribution in [3.05, 3.63) is 35.6 Å². The molecule has 0 bridgehead atoms. The first kappa shape index (κ1) is 19.2. The first-order valence-electron chi connectivity index (χ1n) is 8.56. The van der Waals surface area contributed by atoms with Crippen LogP contribution >= 0.6 is 0 Å². The Morgan fingerprint density at radius 1 is 1.32 bits per heavy atom. The lowest BCUT2D eigenvalue weighted by Gasteiger charge is -2.45. The molecule has 0 aromatic heterocycles. The second-order valence-corrected chi connectivity index (χ2v) is 7.61. The smallest absolute Gasteiger partial charge is 0.410 e. The molecule has 0 radical (unpaired) electrons. The monoisotopic (exact) mass is 351 g/mol. The highest BCUT2D eigenvalue weighted by Crippen LogP contribution is 2.45. The number of benzene rings is 1. The van der Waals surface area contributed by atoms with E-state index in [0.29, 0.717) is 19.4 Å². The molecule has 1 aliphatic heterocycles. The second kappa shape index (κ2) is 7.02. The number of ether oxygens (including phenoxy) is 1. The van der Waals surface area contributed by atoms with Gasteiger partial charge in [-0.25, -0.2) is 9.18 Å². The van der Waals surface area contributed by atoms with Crippen LogP contribution < -0.4 is 0 Å². The molecule has 0 spiro atoms. The van der Waals surface area contributed by atoms with Gasteiger partial charge in [-0.3, -0.25) is 4.79 Å². The lowest BCUT2D eigenvalue weighted by Crippen LogP contribution is -2.54. The van der Waals surface area contributed by atoms with Gasteiger partial charge < -0.3 is 14.7 Å². The van der Waals surface area contributed by atoms with E-state index in [2.05, 4.69) is 0 Å². The maximum absolute atomic E-state index is 13.2. The Bertz CT molecular complexity index is 638. The van der Waals surface area contributed by atoms with Gasteiger partial charge in [-0.2, -0.15) is 0 Å². The molecule has 2 atom stereocenters. The van der Waals surface area contributed by atoms with Crippen molar-refractivity contribution in [3.63, 3.8) is 0 Å².